The summed E-state index contributed by atoms with van der Waals surface area (Å²) in [5.74, 6) is 0. The van der Waals surface area contributed by atoms with Crippen LogP contribution in [0.1, 0.15) is 30.9 Å². The molecular formula is C19H26N2. The Bertz CT molecular complexity index is 549. The van der Waals surface area contributed by atoms with Gasteiger partial charge in [0, 0.05) is 24.5 Å². The predicted molar refractivity (Wildman–Crippen MR) is 92.3 cm³/mol. The number of hydrogen-bond donors (Lipinski definition) is 1. The molecule has 0 unspecified atom stereocenters. The van der Waals surface area contributed by atoms with Gasteiger partial charge in [0.05, 0.1) is 0 Å². The number of nitrogens with zero attached hydrogens (tertiary/aromatic N) is 1. The van der Waals surface area contributed by atoms with E-state index < -0.39 is 0 Å². The summed E-state index contributed by atoms with van der Waals surface area (Å²) in [5, 5.41) is 3.29. The summed E-state index contributed by atoms with van der Waals surface area (Å²) in [7, 11) is 2.00. The molecule has 0 aromatic heterocycles. The van der Waals surface area contributed by atoms with Gasteiger partial charge >= 0.3 is 0 Å². The highest BCUT2D eigenvalue weighted by molar-refractivity contribution is 5.67. The molecule has 2 aromatic rings. The summed E-state index contributed by atoms with van der Waals surface area (Å²) < 4.78 is 0. The molecule has 0 radical (unpaired) electrons. The molecule has 1 N–H and O–H groups in total. The average molecular weight is 282 g/mol. The third-order valence-electron chi connectivity index (χ3n) is 3.70. The second-order valence-corrected chi connectivity index (χ2v) is 5.50. The molecule has 0 saturated carbocycles. The topological polar surface area (TPSA) is 15.3 Å². The van der Waals surface area contributed by atoms with Crippen molar-refractivity contribution in [1.29, 1.82) is 0 Å². The molecule has 0 aliphatic heterocycles. The fourth-order valence-corrected chi connectivity index (χ4v) is 2.62. The zero-order chi connectivity index (χ0) is 15.1. The summed E-state index contributed by atoms with van der Waals surface area (Å²) in [4.78, 5) is 2.44. The van der Waals surface area contributed by atoms with E-state index in [-0.39, 0.29) is 0 Å². The molecule has 2 nitrogen and oxygen atoms in total. The van der Waals surface area contributed by atoms with E-state index >= 15 is 0 Å². The van der Waals surface area contributed by atoms with E-state index in [0.29, 0.717) is 0 Å². The lowest BCUT2D eigenvalue weighted by atomic mass is 10.1. The molecule has 0 atom stereocenters. The number of aryl methyl sites for hydroxylation is 1. The molecule has 2 heteroatoms. The van der Waals surface area contributed by atoms with Gasteiger partial charge in [0.25, 0.3) is 0 Å². The summed E-state index contributed by atoms with van der Waals surface area (Å²) >= 11 is 0. The number of anilines is 2. The highest BCUT2D eigenvalue weighted by atomic mass is 15.1. The van der Waals surface area contributed by atoms with Crippen LogP contribution in [0.15, 0.2) is 48.5 Å². The first-order chi connectivity index (χ1) is 10.3. The predicted octanol–water partition coefficient (Wildman–Crippen LogP) is 4.65. The lowest BCUT2D eigenvalue weighted by Crippen LogP contribution is -2.21. The highest BCUT2D eigenvalue weighted by Gasteiger charge is 2.12. The summed E-state index contributed by atoms with van der Waals surface area (Å²) in [6, 6.07) is 17.4. The van der Waals surface area contributed by atoms with Crippen LogP contribution in [0, 0.1) is 6.92 Å². The normalized spacial score (nSPS) is 10.6. The van der Waals surface area contributed by atoms with Gasteiger partial charge in [-0.3, -0.25) is 0 Å². The first-order valence-electron chi connectivity index (χ1n) is 7.83. The Morgan fingerprint density at radius 2 is 1.81 bits per heavy atom. The van der Waals surface area contributed by atoms with Gasteiger partial charge in [0.2, 0.25) is 0 Å². The maximum Gasteiger partial charge on any atom is 0.0456 e. The van der Waals surface area contributed by atoms with E-state index in [2.05, 4.69) is 72.6 Å². The third-order valence-corrected chi connectivity index (χ3v) is 3.70. The van der Waals surface area contributed by atoms with Crippen molar-refractivity contribution >= 4 is 11.4 Å². The molecule has 0 aliphatic rings. The maximum atomic E-state index is 3.29. The number of unbranched alkanes of at least 4 members (excludes halogenated alkanes) is 1. The number of rotatable bonds is 7. The Hall–Kier alpha value is -1.80. The minimum atomic E-state index is 0.895. The lowest BCUT2D eigenvalue weighted by Gasteiger charge is -2.27. The minimum absolute atomic E-state index is 0.895. The van der Waals surface area contributed by atoms with Crippen LogP contribution in [0.4, 0.5) is 11.4 Å². The summed E-state index contributed by atoms with van der Waals surface area (Å²) in [5.41, 5.74) is 5.26. The van der Waals surface area contributed by atoms with Crippen molar-refractivity contribution in [3.63, 3.8) is 0 Å². The molecule has 112 valence electrons. The fourth-order valence-electron chi connectivity index (χ4n) is 2.62. The Kier molecular flexibility index (Phi) is 5.82. The number of nitrogens with one attached hydrogen (secondary N) is 1. The van der Waals surface area contributed by atoms with E-state index in [1.807, 2.05) is 7.05 Å². The molecule has 0 aliphatic carbocycles. The zero-order valence-electron chi connectivity index (χ0n) is 13.4. The van der Waals surface area contributed by atoms with Crippen molar-refractivity contribution in [2.75, 3.05) is 18.5 Å². The highest BCUT2D eigenvalue weighted by Crippen LogP contribution is 2.29. The van der Waals surface area contributed by atoms with E-state index in [0.717, 1.165) is 13.1 Å². The zero-order valence-corrected chi connectivity index (χ0v) is 13.4. The number of benzene rings is 2. The Balaban J connectivity index is 2.41. The molecule has 0 bridgehead atoms. The van der Waals surface area contributed by atoms with Crippen LogP contribution in [-0.2, 0) is 6.54 Å². The van der Waals surface area contributed by atoms with E-state index in [1.165, 1.54) is 35.3 Å². The second kappa shape index (κ2) is 7.84. The molecule has 2 aromatic carbocycles. The van der Waals surface area contributed by atoms with Gasteiger partial charge in [-0.05, 0) is 44.2 Å². The Morgan fingerprint density at radius 3 is 2.48 bits per heavy atom. The van der Waals surface area contributed by atoms with Crippen LogP contribution < -0.4 is 10.2 Å². The van der Waals surface area contributed by atoms with Crippen LogP contribution in [0.3, 0.4) is 0 Å². The van der Waals surface area contributed by atoms with E-state index in [4.69, 9.17) is 0 Å². The molecule has 0 amide bonds. The monoisotopic (exact) mass is 282 g/mol. The number of para-hydroxylation sites is 1. The van der Waals surface area contributed by atoms with Gasteiger partial charge in [-0.25, -0.2) is 0 Å². The third kappa shape index (κ3) is 4.08. The minimum Gasteiger partial charge on any atom is -0.341 e. The van der Waals surface area contributed by atoms with Crippen molar-refractivity contribution in [3.05, 3.63) is 59.7 Å². The van der Waals surface area contributed by atoms with Gasteiger partial charge < -0.3 is 10.2 Å². The second-order valence-electron chi connectivity index (χ2n) is 5.50. The molecule has 0 saturated heterocycles. The van der Waals surface area contributed by atoms with Gasteiger partial charge in [-0.2, -0.15) is 0 Å². The standard InChI is InChI=1S/C19H26N2/c1-4-5-13-21(18-9-7-6-8-10-18)19-12-11-16(2)14-17(19)15-20-3/h6-12,14,20H,4-5,13,15H2,1-3H3. The van der Waals surface area contributed by atoms with Crippen LogP contribution in [0.25, 0.3) is 0 Å². The fraction of sp³-hybridized carbons (Fsp3) is 0.368. The van der Waals surface area contributed by atoms with Crippen LogP contribution in [0.5, 0.6) is 0 Å². The largest absolute Gasteiger partial charge is 0.341 e. The van der Waals surface area contributed by atoms with Crippen molar-refractivity contribution < 1.29 is 0 Å². The van der Waals surface area contributed by atoms with Crippen LogP contribution in [0.2, 0.25) is 0 Å². The first-order valence-corrected chi connectivity index (χ1v) is 7.83. The molecule has 0 spiro atoms. The smallest absolute Gasteiger partial charge is 0.0456 e. The van der Waals surface area contributed by atoms with Gasteiger partial charge in [0.15, 0.2) is 0 Å². The molecular weight excluding hydrogens is 256 g/mol. The van der Waals surface area contributed by atoms with Crippen molar-refractivity contribution in [1.82, 2.24) is 5.32 Å². The Labute approximate surface area is 128 Å². The van der Waals surface area contributed by atoms with Crippen LogP contribution >= 0.6 is 0 Å². The molecule has 2 rings (SSSR count). The van der Waals surface area contributed by atoms with Gasteiger partial charge in [-0.15, -0.1) is 0 Å². The van der Waals surface area contributed by atoms with Crippen molar-refractivity contribution in [3.8, 4) is 0 Å². The molecule has 21 heavy (non-hydrogen) atoms. The Morgan fingerprint density at radius 1 is 1.05 bits per heavy atom. The molecule has 0 fully saturated rings. The van der Waals surface area contributed by atoms with Crippen molar-refractivity contribution in [2.45, 2.75) is 33.2 Å². The van der Waals surface area contributed by atoms with Crippen LogP contribution in [-0.4, -0.2) is 13.6 Å². The average Bonchev–Trinajstić information content (AvgIpc) is 2.51. The summed E-state index contributed by atoms with van der Waals surface area (Å²) in [6.07, 6.45) is 2.40. The lowest BCUT2D eigenvalue weighted by molar-refractivity contribution is 0.772. The maximum absolute atomic E-state index is 3.29. The van der Waals surface area contributed by atoms with E-state index in [9.17, 15) is 0 Å². The summed E-state index contributed by atoms with van der Waals surface area (Å²) in [6.45, 7) is 6.35. The van der Waals surface area contributed by atoms with Gasteiger partial charge in [0.1, 0.15) is 0 Å². The van der Waals surface area contributed by atoms with E-state index in [1.54, 1.807) is 0 Å². The van der Waals surface area contributed by atoms with Gasteiger partial charge in [-0.1, -0.05) is 49.2 Å². The molecule has 0 heterocycles. The SMILES string of the molecule is CCCCN(c1ccccc1)c1ccc(C)cc1CNC. The quantitative estimate of drug-likeness (QED) is 0.795. The first kappa shape index (κ1) is 15.6. The number of hydrogen-bond acceptors (Lipinski definition) is 2. The van der Waals surface area contributed by atoms with Crippen molar-refractivity contribution in [2.24, 2.45) is 0 Å².